The number of aromatic nitrogens is 3. The Bertz CT molecular complexity index is 1100. The zero-order valence-corrected chi connectivity index (χ0v) is 14.9. The van der Waals surface area contributed by atoms with Crippen LogP contribution in [0, 0.1) is 5.82 Å². The van der Waals surface area contributed by atoms with E-state index in [-0.39, 0.29) is 5.69 Å². The van der Waals surface area contributed by atoms with Crippen LogP contribution in [0.15, 0.2) is 59.7 Å². The van der Waals surface area contributed by atoms with Gasteiger partial charge in [0.05, 0.1) is 11.3 Å². The minimum atomic E-state index is -4.91. The summed E-state index contributed by atoms with van der Waals surface area (Å²) in [5.74, 6) is -2.24. The molecule has 3 rings (SSSR count). The molecular formula is C19H14F4N4O2. The van der Waals surface area contributed by atoms with Crippen molar-refractivity contribution >= 4 is 11.6 Å². The van der Waals surface area contributed by atoms with Gasteiger partial charge < -0.3 is 5.32 Å². The van der Waals surface area contributed by atoms with E-state index in [4.69, 9.17) is 0 Å². The van der Waals surface area contributed by atoms with Crippen molar-refractivity contribution in [3.63, 3.8) is 0 Å². The summed E-state index contributed by atoms with van der Waals surface area (Å²) >= 11 is 0. The molecule has 1 amide bonds. The predicted octanol–water partition coefficient (Wildman–Crippen LogP) is 3.66. The minimum absolute atomic E-state index is 0.257. The van der Waals surface area contributed by atoms with Crippen molar-refractivity contribution in [2.45, 2.75) is 19.1 Å². The third-order valence-corrected chi connectivity index (χ3v) is 4.07. The van der Waals surface area contributed by atoms with Gasteiger partial charge in [-0.05, 0) is 43.3 Å². The van der Waals surface area contributed by atoms with Crippen molar-refractivity contribution in [3.05, 3.63) is 76.6 Å². The zero-order valence-electron chi connectivity index (χ0n) is 14.9. The summed E-state index contributed by atoms with van der Waals surface area (Å²) in [5, 5.41) is 6.39. The SMILES string of the molecule is CC(C(=O)Nc1ccc(F)c(C(F)(F)F)c1)n1nc(-c2cccnc2)ccc1=O. The molecule has 0 aliphatic rings. The lowest BCUT2D eigenvalue weighted by Gasteiger charge is -2.16. The number of carbonyl (C=O) groups excluding carboxylic acids is 1. The highest BCUT2D eigenvalue weighted by Crippen LogP contribution is 2.33. The van der Waals surface area contributed by atoms with Crippen LogP contribution in [-0.4, -0.2) is 20.7 Å². The maximum atomic E-state index is 13.4. The Morgan fingerprint density at radius 3 is 2.59 bits per heavy atom. The van der Waals surface area contributed by atoms with Crippen molar-refractivity contribution in [1.29, 1.82) is 0 Å². The van der Waals surface area contributed by atoms with Gasteiger partial charge in [-0.25, -0.2) is 9.07 Å². The van der Waals surface area contributed by atoms with Gasteiger partial charge in [0.15, 0.2) is 0 Å². The van der Waals surface area contributed by atoms with E-state index in [1.165, 1.54) is 25.3 Å². The van der Waals surface area contributed by atoms with E-state index in [9.17, 15) is 27.2 Å². The van der Waals surface area contributed by atoms with Gasteiger partial charge in [0.2, 0.25) is 5.91 Å². The van der Waals surface area contributed by atoms with Crippen molar-refractivity contribution in [3.8, 4) is 11.3 Å². The quantitative estimate of drug-likeness (QED) is 0.671. The highest BCUT2D eigenvalue weighted by Gasteiger charge is 2.34. The molecule has 1 aromatic carbocycles. The molecule has 2 heterocycles. The van der Waals surface area contributed by atoms with Crippen LogP contribution >= 0.6 is 0 Å². The topological polar surface area (TPSA) is 76.9 Å². The molecule has 29 heavy (non-hydrogen) atoms. The number of anilines is 1. The summed E-state index contributed by atoms with van der Waals surface area (Å²) in [6, 6.07) is 7.03. The van der Waals surface area contributed by atoms with E-state index in [1.807, 2.05) is 0 Å². The van der Waals surface area contributed by atoms with Gasteiger partial charge in [0, 0.05) is 29.7 Å². The lowest BCUT2D eigenvalue weighted by atomic mass is 10.1. The summed E-state index contributed by atoms with van der Waals surface area (Å²) in [4.78, 5) is 28.6. The zero-order chi connectivity index (χ0) is 21.2. The van der Waals surface area contributed by atoms with Gasteiger partial charge >= 0.3 is 6.18 Å². The Kier molecular flexibility index (Phi) is 5.44. The molecular weight excluding hydrogens is 392 g/mol. The number of hydrogen-bond donors (Lipinski definition) is 1. The van der Waals surface area contributed by atoms with Gasteiger partial charge in [0.1, 0.15) is 11.9 Å². The van der Waals surface area contributed by atoms with Crippen LogP contribution in [0.25, 0.3) is 11.3 Å². The van der Waals surface area contributed by atoms with Crippen LogP contribution in [-0.2, 0) is 11.0 Å². The van der Waals surface area contributed by atoms with Crippen molar-refractivity contribution < 1.29 is 22.4 Å². The predicted molar refractivity (Wildman–Crippen MR) is 96.5 cm³/mol. The van der Waals surface area contributed by atoms with Crippen LogP contribution in [0.1, 0.15) is 18.5 Å². The molecule has 0 aliphatic carbocycles. The smallest absolute Gasteiger partial charge is 0.324 e. The van der Waals surface area contributed by atoms with Crippen LogP contribution in [0.2, 0.25) is 0 Å². The maximum absolute atomic E-state index is 13.4. The summed E-state index contributed by atoms with van der Waals surface area (Å²) in [7, 11) is 0. The number of carbonyl (C=O) groups is 1. The molecule has 0 fully saturated rings. The summed E-state index contributed by atoms with van der Waals surface area (Å²) in [6.45, 7) is 1.37. The Morgan fingerprint density at radius 1 is 1.17 bits per heavy atom. The fourth-order valence-electron chi connectivity index (χ4n) is 2.55. The van der Waals surface area contributed by atoms with Gasteiger partial charge in [-0.3, -0.25) is 14.6 Å². The second kappa shape index (κ2) is 7.82. The maximum Gasteiger partial charge on any atom is 0.419 e. The third-order valence-electron chi connectivity index (χ3n) is 4.07. The number of hydrogen-bond acceptors (Lipinski definition) is 4. The highest BCUT2D eigenvalue weighted by atomic mass is 19.4. The number of pyridine rings is 1. The van der Waals surface area contributed by atoms with Crippen LogP contribution in [0.5, 0.6) is 0 Å². The first-order valence-corrected chi connectivity index (χ1v) is 8.34. The molecule has 1 atom stereocenters. The van der Waals surface area contributed by atoms with Crippen molar-refractivity contribution in [1.82, 2.24) is 14.8 Å². The third kappa shape index (κ3) is 4.48. The Hall–Kier alpha value is -3.56. The monoisotopic (exact) mass is 406 g/mol. The summed E-state index contributed by atoms with van der Waals surface area (Å²) in [6.07, 6.45) is -1.82. The van der Waals surface area contributed by atoms with E-state index in [0.717, 1.165) is 10.7 Å². The first-order valence-electron chi connectivity index (χ1n) is 8.34. The molecule has 1 unspecified atom stereocenters. The fraction of sp³-hybridized carbons (Fsp3) is 0.158. The van der Waals surface area contributed by atoms with Gasteiger partial charge in [-0.15, -0.1) is 0 Å². The second-order valence-corrected chi connectivity index (χ2v) is 6.10. The fourth-order valence-corrected chi connectivity index (χ4v) is 2.55. The number of halogens is 4. The molecule has 0 spiro atoms. The van der Waals surface area contributed by atoms with Crippen LogP contribution in [0.4, 0.5) is 23.2 Å². The number of alkyl halides is 3. The van der Waals surface area contributed by atoms with E-state index in [1.54, 1.807) is 18.3 Å². The first kappa shape index (κ1) is 20.2. The minimum Gasteiger partial charge on any atom is -0.324 e. The molecule has 2 aromatic heterocycles. The summed E-state index contributed by atoms with van der Waals surface area (Å²) < 4.78 is 52.8. The molecule has 0 saturated heterocycles. The Balaban J connectivity index is 1.87. The van der Waals surface area contributed by atoms with Crippen molar-refractivity contribution in [2.24, 2.45) is 0 Å². The van der Waals surface area contributed by atoms with Crippen LogP contribution < -0.4 is 10.9 Å². The Labute approximate surface area is 161 Å². The Morgan fingerprint density at radius 2 is 1.93 bits per heavy atom. The van der Waals surface area contributed by atoms with E-state index < -0.39 is 35.1 Å². The number of rotatable bonds is 4. The lowest BCUT2D eigenvalue weighted by molar-refractivity contribution is -0.140. The largest absolute Gasteiger partial charge is 0.419 e. The average molecular weight is 406 g/mol. The lowest BCUT2D eigenvalue weighted by Crippen LogP contribution is -2.33. The number of benzene rings is 1. The molecule has 0 saturated carbocycles. The molecule has 0 bridgehead atoms. The van der Waals surface area contributed by atoms with Gasteiger partial charge in [-0.2, -0.15) is 18.3 Å². The number of nitrogens with zero attached hydrogens (tertiary/aromatic N) is 3. The molecule has 3 aromatic rings. The molecule has 10 heteroatoms. The number of amides is 1. The first-order chi connectivity index (χ1) is 13.7. The average Bonchev–Trinajstić information content (AvgIpc) is 2.69. The van der Waals surface area contributed by atoms with E-state index in [2.05, 4.69) is 15.4 Å². The molecule has 150 valence electrons. The normalized spacial score (nSPS) is 12.4. The van der Waals surface area contributed by atoms with Gasteiger partial charge in [-0.1, -0.05) is 0 Å². The number of nitrogens with one attached hydrogen (secondary N) is 1. The van der Waals surface area contributed by atoms with Crippen molar-refractivity contribution in [2.75, 3.05) is 5.32 Å². The molecule has 0 aliphatic heterocycles. The van der Waals surface area contributed by atoms with E-state index >= 15 is 0 Å². The van der Waals surface area contributed by atoms with Gasteiger partial charge in [0.25, 0.3) is 5.56 Å². The molecule has 6 nitrogen and oxygen atoms in total. The molecule has 0 radical (unpaired) electrons. The molecule has 1 N–H and O–H groups in total. The van der Waals surface area contributed by atoms with E-state index in [0.29, 0.717) is 23.4 Å². The second-order valence-electron chi connectivity index (χ2n) is 6.10. The standard InChI is InChI=1S/C19H14F4N4O2/c1-11(18(29)25-13-4-5-15(20)14(9-13)19(21,22)23)27-17(28)7-6-16(26-27)12-3-2-8-24-10-12/h2-11H,1H3,(H,25,29). The van der Waals surface area contributed by atoms with Crippen LogP contribution in [0.3, 0.4) is 0 Å². The summed E-state index contributed by atoms with van der Waals surface area (Å²) in [5.41, 5.74) is -1.33. The highest BCUT2D eigenvalue weighted by molar-refractivity contribution is 5.93.